The van der Waals surface area contributed by atoms with Gasteiger partial charge in [0.2, 0.25) is 0 Å². The maximum absolute atomic E-state index is 4.33. The summed E-state index contributed by atoms with van der Waals surface area (Å²) in [7, 11) is 0. The zero-order chi connectivity index (χ0) is 28.8. The summed E-state index contributed by atoms with van der Waals surface area (Å²) < 4.78 is 0. The van der Waals surface area contributed by atoms with E-state index >= 15 is 0 Å². The molecule has 5 rings (SSSR count). The van der Waals surface area contributed by atoms with E-state index in [-0.39, 0.29) is 5.41 Å². The van der Waals surface area contributed by atoms with E-state index in [0.29, 0.717) is 0 Å². The van der Waals surface area contributed by atoms with Gasteiger partial charge >= 0.3 is 0 Å². The monoisotopic (exact) mass is 537 g/mol. The summed E-state index contributed by atoms with van der Waals surface area (Å²) in [5.41, 5.74) is 12.8. The van der Waals surface area contributed by atoms with Gasteiger partial charge in [0, 0.05) is 17.1 Å². The Balaban J connectivity index is 1.44. The molecule has 1 atom stereocenters. The number of hydrogen-bond donors (Lipinski definition) is 0. The second kappa shape index (κ2) is 12.6. The minimum absolute atomic E-state index is 0.252. The number of nitrogens with zero attached hydrogens (tertiary/aromatic N) is 1. The van der Waals surface area contributed by atoms with Gasteiger partial charge in [-0.2, -0.15) is 0 Å². The molecule has 1 aliphatic rings. The fourth-order valence-corrected chi connectivity index (χ4v) is 6.39. The molecule has 1 heteroatoms. The molecule has 0 amide bonds. The summed E-state index contributed by atoms with van der Waals surface area (Å²) in [6.45, 7) is 13.0. The number of allylic oxidation sites excluding steroid dienone is 5. The molecule has 1 fully saturated rings. The van der Waals surface area contributed by atoms with Gasteiger partial charge in [-0.1, -0.05) is 104 Å². The highest BCUT2D eigenvalue weighted by Crippen LogP contribution is 2.44. The van der Waals surface area contributed by atoms with Crippen LogP contribution < -0.4 is 4.90 Å². The molecular formula is C40H43N. The van der Waals surface area contributed by atoms with Crippen molar-refractivity contribution in [1.29, 1.82) is 0 Å². The molecule has 0 bridgehead atoms. The van der Waals surface area contributed by atoms with Crippen LogP contribution in [0.25, 0.3) is 16.7 Å². The summed E-state index contributed by atoms with van der Waals surface area (Å²) in [5.74, 6) is 0. The van der Waals surface area contributed by atoms with Crippen LogP contribution in [-0.2, 0) is 5.41 Å². The van der Waals surface area contributed by atoms with Crippen molar-refractivity contribution in [3.63, 3.8) is 0 Å². The molecule has 0 radical (unpaired) electrons. The lowest BCUT2D eigenvalue weighted by Crippen LogP contribution is -2.28. The van der Waals surface area contributed by atoms with Crippen molar-refractivity contribution >= 4 is 22.6 Å². The molecule has 0 spiro atoms. The summed E-state index contributed by atoms with van der Waals surface area (Å²) in [5, 5.41) is 0. The summed E-state index contributed by atoms with van der Waals surface area (Å²) in [4.78, 5) is 2.34. The van der Waals surface area contributed by atoms with Gasteiger partial charge in [-0.05, 0) is 123 Å². The standard InChI is InChI=1S/C40H43N/c1-6-10-32(7-2)33-16-24-38(25-17-33)41(37-22-12-30(4)13-23-37)39-26-18-35(19-27-39)34-14-20-36(21-15-34)40(8-3)28-9-11-31(5)29-40/h6-7,10,12-27H,5,8-9,11,28-29H2,1-4H3/b10-6-,32-7+. The lowest BCUT2D eigenvalue weighted by atomic mass is 9.66. The first-order chi connectivity index (χ1) is 20.0. The Morgan fingerprint density at radius 1 is 0.780 bits per heavy atom. The van der Waals surface area contributed by atoms with Crippen LogP contribution in [0.2, 0.25) is 0 Å². The average Bonchev–Trinajstić information content (AvgIpc) is 3.02. The van der Waals surface area contributed by atoms with Gasteiger partial charge in [0.1, 0.15) is 0 Å². The van der Waals surface area contributed by atoms with Crippen molar-refractivity contribution in [2.24, 2.45) is 0 Å². The second-order valence-electron chi connectivity index (χ2n) is 11.5. The van der Waals surface area contributed by atoms with E-state index in [1.807, 2.05) is 0 Å². The van der Waals surface area contributed by atoms with Gasteiger partial charge in [-0.3, -0.25) is 0 Å². The molecule has 4 aromatic rings. The van der Waals surface area contributed by atoms with Crippen molar-refractivity contribution in [2.45, 2.75) is 65.2 Å². The van der Waals surface area contributed by atoms with Crippen LogP contribution in [0, 0.1) is 6.92 Å². The van der Waals surface area contributed by atoms with Gasteiger partial charge in [-0.15, -0.1) is 0 Å². The third kappa shape index (κ3) is 6.15. The first-order valence-electron chi connectivity index (χ1n) is 15.1. The van der Waals surface area contributed by atoms with Gasteiger partial charge < -0.3 is 4.90 Å². The van der Waals surface area contributed by atoms with E-state index in [1.165, 1.54) is 64.6 Å². The first-order valence-corrected chi connectivity index (χ1v) is 15.1. The maximum atomic E-state index is 4.33. The van der Waals surface area contributed by atoms with E-state index in [4.69, 9.17) is 0 Å². The summed E-state index contributed by atoms with van der Waals surface area (Å²) >= 11 is 0. The molecule has 0 N–H and O–H groups in total. The molecule has 1 saturated carbocycles. The van der Waals surface area contributed by atoms with E-state index in [1.54, 1.807) is 0 Å². The lowest BCUT2D eigenvalue weighted by molar-refractivity contribution is 0.330. The maximum Gasteiger partial charge on any atom is 0.0462 e. The Hall–Kier alpha value is -4.10. The normalized spacial score (nSPS) is 17.7. The first kappa shape index (κ1) is 28.4. The van der Waals surface area contributed by atoms with E-state index in [9.17, 15) is 0 Å². The number of anilines is 3. The van der Waals surface area contributed by atoms with Crippen LogP contribution in [-0.4, -0.2) is 0 Å². The molecule has 0 aromatic heterocycles. The third-order valence-electron chi connectivity index (χ3n) is 8.82. The zero-order valence-electron chi connectivity index (χ0n) is 25.2. The topological polar surface area (TPSA) is 3.24 Å². The van der Waals surface area contributed by atoms with Crippen molar-refractivity contribution in [1.82, 2.24) is 0 Å². The average molecular weight is 538 g/mol. The van der Waals surface area contributed by atoms with Gasteiger partial charge in [0.05, 0.1) is 0 Å². The molecule has 1 nitrogen and oxygen atoms in total. The predicted molar refractivity (Wildman–Crippen MR) is 179 cm³/mol. The summed E-state index contributed by atoms with van der Waals surface area (Å²) in [6.07, 6.45) is 12.4. The summed E-state index contributed by atoms with van der Waals surface area (Å²) in [6, 6.07) is 36.0. The molecule has 208 valence electrons. The Kier molecular flexibility index (Phi) is 8.74. The Bertz CT molecular complexity index is 1520. The largest absolute Gasteiger partial charge is 0.311 e. The second-order valence-corrected chi connectivity index (χ2v) is 11.5. The molecule has 1 aliphatic carbocycles. The third-order valence-corrected chi connectivity index (χ3v) is 8.82. The SMILES string of the molecule is C=C1CCCC(CC)(c2ccc(-c3ccc(N(c4ccc(C)cc4)c4ccc(C(/C=C\C)=C/C)cc4)cc3)cc2)C1. The smallest absolute Gasteiger partial charge is 0.0462 e. The van der Waals surface area contributed by atoms with Crippen LogP contribution in [0.4, 0.5) is 17.1 Å². The predicted octanol–water partition coefficient (Wildman–Crippen LogP) is 11.9. The molecule has 0 aliphatic heterocycles. The van der Waals surface area contributed by atoms with Crippen molar-refractivity contribution in [2.75, 3.05) is 4.90 Å². The fourth-order valence-electron chi connectivity index (χ4n) is 6.39. The highest BCUT2D eigenvalue weighted by molar-refractivity contribution is 5.80. The van der Waals surface area contributed by atoms with Crippen LogP contribution >= 0.6 is 0 Å². The minimum Gasteiger partial charge on any atom is -0.311 e. The lowest BCUT2D eigenvalue weighted by Gasteiger charge is -2.38. The van der Waals surface area contributed by atoms with Crippen LogP contribution in [0.15, 0.2) is 127 Å². The van der Waals surface area contributed by atoms with Gasteiger partial charge in [0.25, 0.3) is 0 Å². The van der Waals surface area contributed by atoms with E-state index in [2.05, 4.69) is 154 Å². The highest BCUT2D eigenvalue weighted by Gasteiger charge is 2.33. The van der Waals surface area contributed by atoms with Crippen molar-refractivity contribution in [3.8, 4) is 11.1 Å². The van der Waals surface area contributed by atoms with Crippen LogP contribution in [0.5, 0.6) is 0 Å². The van der Waals surface area contributed by atoms with E-state index < -0.39 is 0 Å². The zero-order valence-corrected chi connectivity index (χ0v) is 25.2. The van der Waals surface area contributed by atoms with Crippen LogP contribution in [0.1, 0.15) is 69.6 Å². The molecule has 1 unspecified atom stereocenters. The Morgan fingerprint density at radius 3 is 1.83 bits per heavy atom. The molecule has 0 saturated heterocycles. The van der Waals surface area contributed by atoms with Gasteiger partial charge in [0.15, 0.2) is 0 Å². The molecule has 41 heavy (non-hydrogen) atoms. The number of rotatable bonds is 8. The molecule has 0 heterocycles. The molecular weight excluding hydrogens is 494 g/mol. The van der Waals surface area contributed by atoms with Crippen LogP contribution in [0.3, 0.4) is 0 Å². The van der Waals surface area contributed by atoms with E-state index in [0.717, 1.165) is 23.5 Å². The van der Waals surface area contributed by atoms with Gasteiger partial charge in [-0.25, -0.2) is 0 Å². The number of aryl methyl sites for hydroxylation is 1. The quantitative estimate of drug-likeness (QED) is 0.160. The fraction of sp³-hybridized carbons (Fsp3) is 0.250. The Labute approximate surface area is 247 Å². The minimum atomic E-state index is 0.252. The number of benzene rings is 4. The van der Waals surface area contributed by atoms with Crippen molar-refractivity contribution < 1.29 is 0 Å². The number of hydrogen-bond acceptors (Lipinski definition) is 1. The van der Waals surface area contributed by atoms with Crippen molar-refractivity contribution in [3.05, 3.63) is 144 Å². The highest BCUT2D eigenvalue weighted by atomic mass is 15.1. The Morgan fingerprint density at radius 2 is 1.32 bits per heavy atom. The molecule has 4 aromatic carbocycles.